The van der Waals surface area contributed by atoms with Gasteiger partial charge in [-0.25, -0.2) is 9.59 Å². The predicted molar refractivity (Wildman–Crippen MR) is 110 cm³/mol. The molecule has 30 heavy (non-hydrogen) atoms. The van der Waals surface area contributed by atoms with Gasteiger partial charge in [0.1, 0.15) is 12.2 Å². The van der Waals surface area contributed by atoms with Crippen LogP contribution >= 0.6 is 0 Å². The molecule has 5 rings (SSSR count). The Balaban J connectivity index is 1.41. The summed E-state index contributed by atoms with van der Waals surface area (Å²) in [7, 11) is 0. The molecule has 0 radical (unpaired) electrons. The fraction of sp³-hybridized carbons (Fsp3) is 0.440. The maximum absolute atomic E-state index is 12.8. The van der Waals surface area contributed by atoms with Crippen LogP contribution in [0.3, 0.4) is 0 Å². The van der Waals surface area contributed by atoms with Gasteiger partial charge in [-0.1, -0.05) is 50.2 Å². The molecule has 2 aromatic carbocycles. The van der Waals surface area contributed by atoms with Gasteiger partial charge in [0.25, 0.3) is 0 Å². The lowest BCUT2D eigenvalue weighted by Crippen LogP contribution is -2.50. The Labute approximate surface area is 176 Å². The highest BCUT2D eigenvalue weighted by molar-refractivity contribution is 5.90. The van der Waals surface area contributed by atoms with Crippen LogP contribution in [0.2, 0.25) is 0 Å². The van der Waals surface area contributed by atoms with E-state index in [4.69, 9.17) is 14.2 Å². The molecule has 3 aliphatic rings. The third-order valence-electron chi connectivity index (χ3n) is 7.24. The van der Waals surface area contributed by atoms with E-state index in [2.05, 4.69) is 13.8 Å². The Hall–Kier alpha value is -2.66. The topological polar surface area (TPSA) is 61.8 Å². The van der Waals surface area contributed by atoms with E-state index in [1.165, 1.54) is 0 Å². The monoisotopic (exact) mass is 406 g/mol. The highest BCUT2D eigenvalue weighted by Crippen LogP contribution is 2.57. The molecule has 1 aliphatic carbocycles. The van der Waals surface area contributed by atoms with Gasteiger partial charge in [0, 0.05) is 0 Å². The minimum atomic E-state index is -0.593. The van der Waals surface area contributed by atoms with Crippen LogP contribution in [0.4, 0.5) is 0 Å². The van der Waals surface area contributed by atoms with Crippen molar-refractivity contribution in [3.8, 4) is 0 Å². The molecule has 8 atom stereocenters. The fourth-order valence-electron chi connectivity index (χ4n) is 5.63. The first-order chi connectivity index (χ1) is 14.5. The number of fused-ring (bicyclic) bond motifs is 5. The highest BCUT2D eigenvalue weighted by Gasteiger charge is 2.66. The molecule has 5 nitrogen and oxygen atoms in total. The molecule has 0 spiro atoms. The molecule has 2 bridgehead atoms. The van der Waals surface area contributed by atoms with Gasteiger partial charge in [0.05, 0.1) is 11.1 Å². The normalized spacial score (nSPS) is 36.3. The molecule has 8 unspecified atom stereocenters. The molecule has 0 N–H and O–H groups in total. The third-order valence-corrected chi connectivity index (χ3v) is 7.24. The minimum Gasteiger partial charge on any atom is -0.452 e. The van der Waals surface area contributed by atoms with Crippen molar-refractivity contribution >= 4 is 11.9 Å². The first kappa shape index (κ1) is 19.3. The average Bonchev–Trinajstić information content (AvgIpc) is 3.40. The van der Waals surface area contributed by atoms with Crippen molar-refractivity contribution in [2.24, 2.45) is 23.7 Å². The van der Waals surface area contributed by atoms with Crippen LogP contribution in [-0.4, -0.2) is 36.4 Å². The van der Waals surface area contributed by atoms with Crippen molar-refractivity contribution in [1.82, 2.24) is 0 Å². The largest absolute Gasteiger partial charge is 0.452 e. The fourth-order valence-corrected chi connectivity index (χ4v) is 5.63. The van der Waals surface area contributed by atoms with Crippen molar-refractivity contribution < 1.29 is 23.8 Å². The maximum atomic E-state index is 12.8. The van der Waals surface area contributed by atoms with E-state index in [9.17, 15) is 9.59 Å². The van der Waals surface area contributed by atoms with Crippen LogP contribution in [-0.2, 0) is 14.2 Å². The Morgan fingerprint density at radius 3 is 1.83 bits per heavy atom. The van der Waals surface area contributed by atoms with Gasteiger partial charge in [-0.15, -0.1) is 0 Å². The van der Waals surface area contributed by atoms with E-state index >= 15 is 0 Å². The first-order valence-corrected chi connectivity index (χ1v) is 10.7. The first-order valence-electron chi connectivity index (χ1n) is 10.7. The van der Waals surface area contributed by atoms with Crippen LogP contribution in [0.25, 0.3) is 0 Å². The van der Waals surface area contributed by atoms with Crippen LogP contribution in [0.15, 0.2) is 60.7 Å². The van der Waals surface area contributed by atoms with Crippen molar-refractivity contribution in [2.75, 3.05) is 0 Å². The van der Waals surface area contributed by atoms with Crippen LogP contribution in [0, 0.1) is 23.7 Å². The third kappa shape index (κ3) is 3.12. The summed E-state index contributed by atoms with van der Waals surface area (Å²) in [5.74, 6) is 0.892. The molecule has 3 fully saturated rings. The number of esters is 2. The summed E-state index contributed by atoms with van der Waals surface area (Å²) in [6.45, 7) is 4.51. The lowest BCUT2D eigenvalue weighted by atomic mass is 9.75. The summed E-state index contributed by atoms with van der Waals surface area (Å²) in [4.78, 5) is 25.6. The standard InChI is InChI=1S/C25H26O5/c1-14-13-18-19(15(14)2)21-23(30-25(27)17-11-7-4-8-12-17)22(20(18)28-21)29-24(26)16-9-5-3-6-10-16/h3-12,14-15,18-23H,13H2,1-2H3. The van der Waals surface area contributed by atoms with Crippen molar-refractivity contribution in [1.29, 1.82) is 0 Å². The summed E-state index contributed by atoms with van der Waals surface area (Å²) in [6.07, 6.45) is -0.598. The summed E-state index contributed by atoms with van der Waals surface area (Å²) in [6, 6.07) is 17.8. The lowest BCUT2D eigenvalue weighted by Gasteiger charge is -2.35. The number of hydrogen-bond acceptors (Lipinski definition) is 5. The molecule has 2 aliphatic heterocycles. The molecule has 2 saturated heterocycles. The Morgan fingerprint density at radius 2 is 1.30 bits per heavy atom. The number of carbonyl (C=O) groups excluding carboxylic acids is 2. The van der Waals surface area contributed by atoms with Crippen LogP contribution in [0.5, 0.6) is 0 Å². The second-order valence-corrected chi connectivity index (χ2v) is 8.85. The lowest BCUT2D eigenvalue weighted by molar-refractivity contribution is -0.0568. The Kier molecular flexibility index (Phi) is 4.86. The molecule has 1 saturated carbocycles. The molecular weight excluding hydrogens is 380 g/mol. The van der Waals surface area contributed by atoms with Crippen molar-refractivity contribution in [2.45, 2.75) is 44.7 Å². The van der Waals surface area contributed by atoms with E-state index < -0.39 is 24.1 Å². The molecule has 2 heterocycles. The zero-order chi connectivity index (χ0) is 20.8. The van der Waals surface area contributed by atoms with Crippen LogP contribution < -0.4 is 0 Å². The summed E-state index contributed by atoms with van der Waals surface area (Å²) >= 11 is 0. The number of carbonyl (C=O) groups is 2. The molecule has 0 aromatic heterocycles. The number of rotatable bonds is 4. The molecule has 156 valence electrons. The summed E-state index contributed by atoms with van der Waals surface area (Å²) in [5, 5.41) is 0. The second kappa shape index (κ2) is 7.55. The van der Waals surface area contributed by atoms with E-state index in [0.717, 1.165) is 6.42 Å². The molecule has 5 heteroatoms. The van der Waals surface area contributed by atoms with E-state index in [0.29, 0.717) is 34.8 Å². The summed E-state index contributed by atoms with van der Waals surface area (Å²) in [5.41, 5.74) is 0.968. The molecule has 2 aromatic rings. The highest BCUT2D eigenvalue weighted by atomic mass is 16.6. The van der Waals surface area contributed by atoms with E-state index in [1.807, 2.05) is 12.1 Å². The molecule has 0 amide bonds. The van der Waals surface area contributed by atoms with Gasteiger partial charge in [-0.05, 0) is 54.4 Å². The quantitative estimate of drug-likeness (QED) is 0.715. The van der Waals surface area contributed by atoms with Crippen molar-refractivity contribution in [3.63, 3.8) is 0 Å². The van der Waals surface area contributed by atoms with Crippen LogP contribution in [0.1, 0.15) is 41.0 Å². The van der Waals surface area contributed by atoms with Gasteiger partial charge in [-0.2, -0.15) is 0 Å². The Morgan fingerprint density at radius 1 is 0.800 bits per heavy atom. The van der Waals surface area contributed by atoms with E-state index in [1.54, 1.807) is 48.5 Å². The van der Waals surface area contributed by atoms with Gasteiger partial charge in [-0.3, -0.25) is 0 Å². The summed E-state index contributed by atoms with van der Waals surface area (Å²) < 4.78 is 18.2. The minimum absolute atomic E-state index is 0.228. The van der Waals surface area contributed by atoms with Gasteiger partial charge >= 0.3 is 11.9 Å². The average molecular weight is 406 g/mol. The van der Waals surface area contributed by atoms with E-state index in [-0.39, 0.29) is 12.2 Å². The number of hydrogen-bond donors (Lipinski definition) is 0. The second-order valence-electron chi connectivity index (χ2n) is 8.85. The SMILES string of the molecule is CC1CC2C3OC(C(OC(=O)c4ccccc4)C3OC(=O)c3ccccc3)C2C1C. The van der Waals surface area contributed by atoms with Gasteiger partial charge < -0.3 is 14.2 Å². The smallest absolute Gasteiger partial charge is 0.338 e. The van der Waals surface area contributed by atoms with Crippen molar-refractivity contribution in [3.05, 3.63) is 71.8 Å². The zero-order valence-corrected chi connectivity index (χ0v) is 17.1. The van der Waals surface area contributed by atoms with Gasteiger partial charge in [0.15, 0.2) is 12.2 Å². The van der Waals surface area contributed by atoms with Gasteiger partial charge in [0.2, 0.25) is 0 Å². The zero-order valence-electron chi connectivity index (χ0n) is 17.1. The number of benzene rings is 2. The predicted octanol–water partition coefficient (Wildman–Crippen LogP) is 4.13. The maximum Gasteiger partial charge on any atom is 0.338 e. The Bertz CT molecular complexity index is 927. The molecular formula is C25H26O5. The number of ether oxygens (including phenoxy) is 3.